The Balaban J connectivity index is 3.43. The van der Waals surface area contributed by atoms with E-state index in [0.29, 0.717) is 0 Å². The van der Waals surface area contributed by atoms with Crippen molar-refractivity contribution in [3.05, 3.63) is 28.4 Å². The Bertz CT molecular complexity index is 305. The summed E-state index contributed by atoms with van der Waals surface area (Å²) in [6.07, 6.45) is 1.05. The third-order valence-electron chi connectivity index (χ3n) is 1.21. The van der Waals surface area contributed by atoms with E-state index in [1.807, 2.05) is 0 Å². The number of halogens is 1. The number of nitrogens with two attached hydrogens (primary N) is 1. The zero-order valence-electron chi connectivity index (χ0n) is 5.47. The third-order valence-corrected chi connectivity index (χ3v) is 1.21. The van der Waals surface area contributed by atoms with Crippen LogP contribution in [0.3, 0.4) is 0 Å². The van der Waals surface area contributed by atoms with Gasteiger partial charge in [-0.25, -0.2) is 4.39 Å². The molecule has 0 unspecified atom stereocenters. The molecule has 0 atom stereocenters. The molecular weight excluding hydrogens is 135 g/mol. The molecule has 1 aromatic rings. The maximum atomic E-state index is 12.5. The molecule has 1 heterocycles. The molecule has 0 bridgehead atoms. The number of hydrogen-bond donors (Lipinski definition) is 1. The van der Waals surface area contributed by atoms with Crippen LogP contribution in [0.5, 0.6) is 0 Å². The Hall–Kier alpha value is -1.32. The smallest absolute Gasteiger partial charge is 0.252 e. The highest BCUT2D eigenvalue weighted by Gasteiger charge is 1.98. The summed E-state index contributed by atoms with van der Waals surface area (Å²) in [5, 5.41) is 0. The highest BCUT2D eigenvalue weighted by molar-refractivity contribution is 5.36. The Labute approximate surface area is 56.9 Å². The number of aryl methyl sites for hydroxylation is 1. The molecule has 0 aromatic carbocycles. The van der Waals surface area contributed by atoms with Gasteiger partial charge in [-0.1, -0.05) is 0 Å². The van der Waals surface area contributed by atoms with Crippen LogP contribution >= 0.6 is 0 Å². The molecule has 54 valence electrons. The molecule has 0 fully saturated rings. The van der Waals surface area contributed by atoms with Crippen molar-refractivity contribution < 1.29 is 4.39 Å². The van der Waals surface area contributed by atoms with Crippen molar-refractivity contribution in [1.29, 1.82) is 0 Å². The molecule has 3 nitrogen and oxygen atoms in total. The van der Waals surface area contributed by atoms with E-state index < -0.39 is 5.82 Å². The molecule has 0 aliphatic heterocycles. The topological polar surface area (TPSA) is 48.0 Å². The summed E-state index contributed by atoms with van der Waals surface area (Å²) in [5.41, 5.74) is 4.69. The van der Waals surface area contributed by atoms with Crippen molar-refractivity contribution in [2.45, 2.75) is 0 Å². The average molecular weight is 142 g/mol. The van der Waals surface area contributed by atoms with Gasteiger partial charge in [0.15, 0.2) is 5.82 Å². The first-order valence-electron chi connectivity index (χ1n) is 2.73. The largest absolute Gasteiger partial charge is 0.396 e. The predicted molar refractivity (Wildman–Crippen MR) is 36.1 cm³/mol. The van der Waals surface area contributed by atoms with Crippen LogP contribution in [0.15, 0.2) is 17.1 Å². The lowest BCUT2D eigenvalue weighted by atomic mass is 10.4. The van der Waals surface area contributed by atoms with Crippen molar-refractivity contribution in [3.63, 3.8) is 0 Å². The summed E-state index contributed by atoms with van der Waals surface area (Å²) in [6, 6.07) is 1.05. The number of hydrogen-bond acceptors (Lipinski definition) is 2. The van der Waals surface area contributed by atoms with Gasteiger partial charge in [-0.3, -0.25) is 4.79 Å². The second kappa shape index (κ2) is 2.13. The lowest BCUT2D eigenvalue weighted by Gasteiger charge is -1.97. The van der Waals surface area contributed by atoms with Gasteiger partial charge in [-0.15, -0.1) is 0 Å². The standard InChI is InChI=1S/C6H7FN2O/c1-9-3-4(7)5(8)2-6(9)10/h2-3H,8H2,1H3. The van der Waals surface area contributed by atoms with Crippen molar-refractivity contribution in [2.24, 2.45) is 7.05 Å². The van der Waals surface area contributed by atoms with Crippen LogP contribution in [0.1, 0.15) is 0 Å². The monoisotopic (exact) mass is 142 g/mol. The van der Waals surface area contributed by atoms with E-state index >= 15 is 0 Å². The molecule has 0 radical (unpaired) electrons. The number of anilines is 1. The lowest BCUT2D eigenvalue weighted by molar-refractivity contribution is 0.610. The van der Waals surface area contributed by atoms with Gasteiger partial charge >= 0.3 is 0 Å². The number of rotatable bonds is 0. The Morgan fingerprint density at radius 3 is 2.80 bits per heavy atom. The van der Waals surface area contributed by atoms with E-state index in [9.17, 15) is 9.18 Å². The summed E-state index contributed by atoms with van der Waals surface area (Å²) < 4.78 is 13.6. The predicted octanol–water partition coefficient (Wildman–Crippen LogP) is 0.107. The first-order valence-corrected chi connectivity index (χ1v) is 2.73. The van der Waals surface area contributed by atoms with Crippen LogP contribution in [0.4, 0.5) is 10.1 Å². The molecule has 0 amide bonds. The Morgan fingerprint density at radius 1 is 1.70 bits per heavy atom. The van der Waals surface area contributed by atoms with Gasteiger partial charge in [-0.05, 0) is 0 Å². The van der Waals surface area contributed by atoms with Gasteiger partial charge in [-0.2, -0.15) is 0 Å². The summed E-state index contributed by atoms with van der Waals surface area (Å²) >= 11 is 0. The van der Waals surface area contributed by atoms with Crippen LogP contribution in [-0.2, 0) is 7.05 Å². The minimum absolute atomic E-state index is 0.108. The van der Waals surface area contributed by atoms with E-state index in [1.54, 1.807) is 0 Å². The highest BCUT2D eigenvalue weighted by atomic mass is 19.1. The normalized spacial score (nSPS) is 9.80. The quantitative estimate of drug-likeness (QED) is 0.558. The van der Waals surface area contributed by atoms with E-state index in [4.69, 9.17) is 5.73 Å². The second-order valence-electron chi connectivity index (χ2n) is 2.03. The van der Waals surface area contributed by atoms with Gasteiger partial charge in [0.1, 0.15) is 0 Å². The maximum absolute atomic E-state index is 12.5. The molecule has 0 aliphatic carbocycles. The van der Waals surface area contributed by atoms with Crippen molar-refractivity contribution >= 4 is 5.69 Å². The molecule has 1 rings (SSSR count). The fourth-order valence-corrected chi connectivity index (χ4v) is 0.612. The zero-order chi connectivity index (χ0) is 7.72. The molecule has 1 aromatic heterocycles. The highest BCUT2D eigenvalue weighted by Crippen LogP contribution is 2.02. The molecular formula is C6H7FN2O. The molecule has 0 aliphatic rings. The minimum Gasteiger partial charge on any atom is -0.396 e. The number of nitrogens with zero attached hydrogens (tertiary/aromatic N) is 1. The van der Waals surface area contributed by atoms with Crippen molar-refractivity contribution in [1.82, 2.24) is 4.57 Å². The SMILES string of the molecule is Cn1cc(F)c(N)cc1=O. The number of pyridine rings is 1. The zero-order valence-corrected chi connectivity index (χ0v) is 5.47. The van der Waals surface area contributed by atoms with E-state index in [2.05, 4.69) is 0 Å². The molecule has 10 heavy (non-hydrogen) atoms. The van der Waals surface area contributed by atoms with Crippen LogP contribution in [0.2, 0.25) is 0 Å². The van der Waals surface area contributed by atoms with Crippen LogP contribution in [-0.4, -0.2) is 4.57 Å². The molecule has 0 spiro atoms. The number of nitrogen functional groups attached to an aromatic ring is 1. The molecule has 4 heteroatoms. The van der Waals surface area contributed by atoms with Crippen LogP contribution in [0, 0.1) is 5.82 Å². The van der Waals surface area contributed by atoms with Crippen molar-refractivity contribution in [2.75, 3.05) is 5.73 Å². The van der Waals surface area contributed by atoms with Crippen LogP contribution in [0.25, 0.3) is 0 Å². The fraction of sp³-hybridized carbons (Fsp3) is 0.167. The van der Waals surface area contributed by atoms with Gasteiger partial charge in [0, 0.05) is 19.3 Å². The summed E-state index contributed by atoms with van der Waals surface area (Å²) in [5.74, 6) is -0.568. The summed E-state index contributed by atoms with van der Waals surface area (Å²) in [7, 11) is 1.46. The fourth-order valence-electron chi connectivity index (χ4n) is 0.612. The van der Waals surface area contributed by atoms with E-state index in [1.165, 1.54) is 7.05 Å². The van der Waals surface area contributed by atoms with Gasteiger partial charge < -0.3 is 10.3 Å². The Kier molecular flexibility index (Phi) is 1.45. The number of aromatic nitrogens is 1. The molecule has 0 saturated carbocycles. The van der Waals surface area contributed by atoms with Crippen molar-refractivity contribution in [3.8, 4) is 0 Å². The van der Waals surface area contributed by atoms with E-state index in [0.717, 1.165) is 16.8 Å². The third kappa shape index (κ3) is 1.00. The lowest BCUT2D eigenvalue weighted by Crippen LogP contribution is -2.16. The first-order chi connectivity index (χ1) is 4.61. The minimum atomic E-state index is -0.568. The second-order valence-corrected chi connectivity index (χ2v) is 2.03. The van der Waals surface area contributed by atoms with Gasteiger partial charge in [0.25, 0.3) is 5.56 Å². The Morgan fingerprint density at radius 2 is 2.30 bits per heavy atom. The average Bonchev–Trinajstić information content (AvgIpc) is 1.84. The van der Waals surface area contributed by atoms with Gasteiger partial charge in [0.2, 0.25) is 0 Å². The summed E-state index contributed by atoms with van der Waals surface area (Å²) in [6.45, 7) is 0. The van der Waals surface area contributed by atoms with E-state index in [-0.39, 0.29) is 11.2 Å². The van der Waals surface area contributed by atoms with Gasteiger partial charge in [0.05, 0.1) is 5.69 Å². The molecule has 2 N–H and O–H groups in total. The molecule has 0 saturated heterocycles. The van der Waals surface area contributed by atoms with Crippen LogP contribution < -0.4 is 11.3 Å². The first kappa shape index (κ1) is 6.80. The maximum Gasteiger partial charge on any atom is 0.252 e. The summed E-state index contributed by atoms with van der Waals surface area (Å²) in [4.78, 5) is 10.7.